The van der Waals surface area contributed by atoms with E-state index >= 15 is 0 Å². The average Bonchev–Trinajstić information content (AvgIpc) is 2.39. The zero-order valence-electron chi connectivity index (χ0n) is 9.73. The number of halogens is 2. The van der Waals surface area contributed by atoms with Gasteiger partial charge in [0.15, 0.2) is 0 Å². The number of ether oxygens (including phenoxy) is 1. The third-order valence-corrected chi connectivity index (χ3v) is 2.98. The summed E-state index contributed by atoms with van der Waals surface area (Å²) in [5.41, 5.74) is 0.553. The molecule has 5 heteroatoms. The van der Waals surface area contributed by atoms with Gasteiger partial charge in [0.25, 0.3) is 0 Å². The predicted octanol–water partition coefficient (Wildman–Crippen LogP) is 3.74. The van der Waals surface area contributed by atoms with Gasteiger partial charge in [-0.2, -0.15) is 5.26 Å². The molecule has 0 atom stereocenters. The first kappa shape index (κ1) is 13.5. The third kappa shape index (κ3) is 3.11. The van der Waals surface area contributed by atoms with E-state index in [4.69, 9.17) is 10.00 Å². The van der Waals surface area contributed by atoms with E-state index in [0.29, 0.717) is 11.3 Å². The Morgan fingerprint density at radius 2 is 2.05 bits per heavy atom. The fourth-order valence-corrected chi connectivity index (χ4v) is 1.87. The fraction of sp³-hybridized carbons (Fsp3) is 0.0714. The van der Waals surface area contributed by atoms with Gasteiger partial charge in [0.2, 0.25) is 0 Å². The van der Waals surface area contributed by atoms with Gasteiger partial charge in [0.1, 0.15) is 23.4 Å². The molecule has 0 aliphatic rings. The Balaban J connectivity index is 2.33. The molecule has 0 heterocycles. The monoisotopic (exact) mass is 321 g/mol. The SMILES string of the molecule is N#Cc1ccc(Oc2cc(Br)ccc2CO)cc1F. The second-order valence-electron chi connectivity index (χ2n) is 3.77. The Bertz CT molecular complexity index is 652. The van der Waals surface area contributed by atoms with Crippen LogP contribution < -0.4 is 4.74 Å². The van der Waals surface area contributed by atoms with Crippen LogP contribution in [-0.4, -0.2) is 5.11 Å². The molecule has 0 aliphatic heterocycles. The minimum atomic E-state index is -0.638. The van der Waals surface area contributed by atoms with Crippen LogP contribution in [0.1, 0.15) is 11.1 Å². The van der Waals surface area contributed by atoms with E-state index in [2.05, 4.69) is 15.9 Å². The minimum Gasteiger partial charge on any atom is -0.457 e. The lowest BCUT2D eigenvalue weighted by atomic mass is 10.2. The number of aliphatic hydroxyl groups excluding tert-OH is 1. The number of hydrogen-bond donors (Lipinski definition) is 1. The van der Waals surface area contributed by atoms with E-state index in [9.17, 15) is 9.50 Å². The van der Waals surface area contributed by atoms with Crippen molar-refractivity contribution in [3.05, 3.63) is 57.8 Å². The largest absolute Gasteiger partial charge is 0.457 e. The molecule has 0 amide bonds. The van der Waals surface area contributed by atoms with Crippen molar-refractivity contribution in [3.8, 4) is 17.6 Å². The second-order valence-corrected chi connectivity index (χ2v) is 4.68. The molecule has 0 bridgehead atoms. The summed E-state index contributed by atoms with van der Waals surface area (Å²) in [5, 5.41) is 17.9. The summed E-state index contributed by atoms with van der Waals surface area (Å²) in [6.45, 7) is -0.179. The standard InChI is InChI=1S/C14H9BrFNO2/c15-11-3-1-10(8-18)14(5-11)19-12-4-2-9(7-17)13(16)6-12/h1-6,18H,8H2. The molecule has 0 saturated heterocycles. The number of aliphatic hydroxyl groups is 1. The molecule has 19 heavy (non-hydrogen) atoms. The molecule has 96 valence electrons. The van der Waals surface area contributed by atoms with Gasteiger partial charge in [-0.3, -0.25) is 0 Å². The predicted molar refractivity (Wildman–Crippen MR) is 71.3 cm³/mol. The normalized spacial score (nSPS) is 10.0. The van der Waals surface area contributed by atoms with Crippen molar-refractivity contribution in [2.75, 3.05) is 0 Å². The molecule has 3 nitrogen and oxygen atoms in total. The molecule has 0 radical (unpaired) electrons. The van der Waals surface area contributed by atoms with E-state index in [1.54, 1.807) is 24.3 Å². The van der Waals surface area contributed by atoms with Gasteiger partial charge in [0, 0.05) is 16.1 Å². The number of nitrogens with zero attached hydrogens (tertiary/aromatic N) is 1. The van der Waals surface area contributed by atoms with Gasteiger partial charge in [0.05, 0.1) is 12.2 Å². The molecular formula is C14H9BrFNO2. The van der Waals surface area contributed by atoms with Crippen LogP contribution in [0.2, 0.25) is 0 Å². The molecule has 0 spiro atoms. The lowest BCUT2D eigenvalue weighted by Crippen LogP contribution is -1.93. The fourth-order valence-electron chi connectivity index (χ4n) is 1.53. The Kier molecular flexibility index (Phi) is 4.15. The molecule has 0 saturated carbocycles. The molecule has 1 N–H and O–H groups in total. The third-order valence-electron chi connectivity index (χ3n) is 2.49. The van der Waals surface area contributed by atoms with Crippen LogP contribution in [0.3, 0.4) is 0 Å². The summed E-state index contributed by atoms with van der Waals surface area (Å²) < 4.78 is 19.8. The van der Waals surface area contributed by atoms with Crippen LogP contribution in [0.25, 0.3) is 0 Å². The maximum absolute atomic E-state index is 13.5. The van der Waals surface area contributed by atoms with Crippen LogP contribution in [0.15, 0.2) is 40.9 Å². The summed E-state index contributed by atoms with van der Waals surface area (Å²) in [4.78, 5) is 0. The second kappa shape index (κ2) is 5.83. The molecule has 0 unspecified atom stereocenters. The Morgan fingerprint density at radius 3 is 2.68 bits per heavy atom. The first-order valence-corrected chi connectivity index (χ1v) is 6.20. The van der Waals surface area contributed by atoms with Crippen LogP contribution in [0.5, 0.6) is 11.5 Å². The molecule has 2 aromatic carbocycles. The number of hydrogen-bond acceptors (Lipinski definition) is 3. The van der Waals surface area contributed by atoms with Gasteiger partial charge in [-0.1, -0.05) is 22.0 Å². The molecule has 2 rings (SSSR count). The summed E-state index contributed by atoms with van der Waals surface area (Å²) in [5.74, 6) is 0.0610. The van der Waals surface area contributed by atoms with Gasteiger partial charge < -0.3 is 9.84 Å². The topological polar surface area (TPSA) is 53.2 Å². The molecule has 2 aromatic rings. The molecule has 0 fully saturated rings. The lowest BCUT2D eigenvalue weighted by molar-refractivity contribution is 0.276. The van der Waals surface area contributed by atoms with Gasteiger partial charge in [-0.25, -0.2) is 4.39 Å². The van der Waals surface area contributed by atoms with Crippen molar-refractivity contribution in [2.45, 2.75) is 6.61 Å². The zero-order chi connectivity index (χ0) is 13.8. The molecule has 0 aromatic heterocycles. The maximum Gasteiger partial charge on any atom is 0.144 e. The summed E-state index contributed by atoms with van der Waals surface area (Å²) in [6.07, 6.45) is 0. The summed E-state index contributed by atoms with van der Waals surface area (Å²) in [7, 11) is 0. The Labute approximate surface area is 118 Å². The minimum absolute atomic E-state index is 0.0380. The highest BCUT2D eigenvalue weighted by Gasteiger charge is 2.08. The average molecular weight is 322 g/mol. The van der Waals surface area contributed by atoms with Crippen LogP contribution in [-0.2, 0) is 6.61 Å². The summed E-state index contributed by atoms with van der Waals surface area (Å²) >= 11 is 3.30. The Hall–Kier alpha value is -1.90. The first-order chi connectivity index (χ1) is 9.13. The maximum atomic E-state index is 13.5. The quantitative estimate of drug-likeness (QED) is 0.936. The highest BCUT2D eigenvalue weighted by atomic mass is 79.9. The van der Waals surface area contributed by atoms with Gasteiger partial charge >= 0.3 is 0 Å². The van der Waals surface area contributed by atoms with E-state index in [-0.39, 0.29) is 17.9 Å². The van der Waals surface area contributed by atoms with Crippen molar-refractivity contribution < 1.29 is 14.2 Å². The van der Waals surface area contributed by atoms with Crippen LogP contribution >= 0.6 is 15.9 Å². The van der Waals surface area contributed by atoms with Crippen molar-refractivity contribution in [2.24, 2.45) is 0 Å². The smallest absolute Gasteiger partial charge is 0.144 e. The van der Waals surface area contributed by atoms with Gasteiger partial charge in [-0.05, 0) is 24.3 Å². The number of benzene rings is 2. The molecular weight excluding hydrogens is 313 g/mol. The highest BCUT2D eigenvalue weighted by Crippen LogP contribution is 2.29. The highest BCUT2D eigenvalue weighted by molar-refractivity contribution is 9.10. The van der Waals surface area contributed by atoms with Crippen molar-refractivity contribution >= 4 is 15.9 Å². The van der Waals surface area contributed by atoms with E-state index in [1.807, 2.05) is 0 Å². The van der Waals surface area contributed by atoms with Crippen LogP contribution in [0, 0.1) is 17.1 Å². The van der Waals surface area contributed by atoms with Crippen LogP contribution in [0.4, 0.5) is 4.39 Å². The van der Waals surface area contributed by atoms with Gasteiger partial charge in [-0.15, -0.1) is 0 Å². The van der Waals surface area contributed by atoms with Crippen molar-refractivity contribution in [3.63, 3.8) is 0 Å². The molecule has 0 aliphatic carbocycles. The van der Waals surface area contributed by atoms with E-state index in [0.717, 1.165) is 10.5 Å². The van der Waals surface area contributed by atoms with E-state index in [1.165, 1.54) is 12.1 Å². The summed E-state index contributed by atoms with van der Waals surface area (Å²) in [6, 6.07) is 10.9. The Morgan fingerprint density at radius 1 is 1.26 bits per heavy atom. The van der Waals surface area contributed by atoms with Crippen molar-refractivity contribution in [1.82, 2.24) is 0 Å². The zero-order valence-corrected chi connectivity index (χ0v) is 11.3. The lowest BCUT2D eigenvalue weighted by Gasteiger charge is -2.10. The first-order valence-electron chi connectivity index (χ1n) is 5.41. The number of rotatable bonds is 3. The number of nitriles is 1. The van der Waals surface area contributed by atoms with Crippen molar-refractivity contribution in [1.29, 1.82) is 5.26 Å². The van der Waals surface area contributed by atoms with E-state index < -0.39 is 5.82 Å².